The number of phenolic OH excluding ortho intramolecular Hbond substituents is 1. The summed E-state index contributed by atoms with van der Waals surface area (Å²) >= 11 is 0. The van der Waals surface area contributed by atoms with Gasteiger partial charge in [-0.2, -0.15) is 0 Å². The molecule has 0 heterocycles. The van der Waals surface area contributed by atoms with Gasteiger partial charge < -0.3 is 20.2 Å². The van der Waals surface area contributed by atoms with Gasteiger partial charge in [0.2, 0.25) is 0 Å². The fraction of sp³-hybridized carbons (Fsp3) is 0.650. The van der Waals surface area contributed by atoms with Gasteiger partial charge >= 0.3 is 0 Å². The lowest BCUT2D eigenvalue weighted by Gasteiger charge is -2.50. The Morgan fingerprint density at radius 1 is 1.28 bits per heavy atom. The van der Waals surface area contributed by atoms with Crippen LogP contribution < -0.4 is 4.74 Å². The first kappa shape index (κ1) is 16.7. The van der Waals surface area contributed by atoms with Crippen molar-refractivity contribution in [1.29, 1.82) is 0 Å². The summed E-state index contributed by atoms with van der Waals surface area (Å²) in [5, 5.41) is 33.9. The quantitative estimate of drug-likeness (QED) is 0.564. The zero-order valence-corrected chi connectivity index (χ0v) is 14.9. The molecule has 3 N–H and O–H groups in total. The molecule has 2 saturated carbocycles. The van der Waals surface area contributed by atoms with Gasteiger partial charge in [-0.3, -0.25) is 0 Å². The molecule has 5 atom stereocenters. The molecule has 0 aliphatic heterocycles. The number of rotatable bonds is 2. The molecule has 4 rings (SSSR count). The molecule has 0 saturated heterocycles. The molecule has 1 aromatic rings. The van der Waals surface area contributed by atoms with Gasteiger partial charge in [-0.1, -0.05) is 12.1 Å². The summed E-state index contributed by atoms with van der Waals surface area (Å²) in [4.78, 5) is 0. The second-order valence-electron chi connectivity index (χ2n) is 8.11. The molecule has 3 aliphatic carbocycles. The topological polar surface area (TPSA) is 82.3 Å². The lowest BCUT2D eigenvalue weighted by atomic mass is 9.55. The molecule has 0 aromatic heterocycles. The minimum Gasteiger partial charge on any atom is -0.504 e. The van der Waals surface area contributed by atoms with Crippen molar-refractivity contribution in [2.45, 2.75) is 58.0 Å². The van der Waals surface area contributed by atoms with E-state index in [1.165, 1.54) is 0 Å². The number of hydrogen-bond donors (Lipinski definition) is 3. The molecule has 0 spiro atoms. The Labute approximate surface area is 148 Å². The van der Waals surface area contributed by atoms with Gasteiger partial charge in [0.15, 0.2) is 11.5 Å². The lowest BCUT2D eigenvalue weighted by molar-refractivity contribution is -0.0178. The van der Waals surface area contributed by atoms with Crippen molar-refractivity contribution in [2.75, 3.05) is 6.61 Å². The van der Waals surface area contributed by atoms with E-state index < -0.39 is 0 Å². The number of benzene rings is 1. The van der Waals surface area contributed by atoms with Crippen molar-refractivity contribution in [3.8, 4) is 11.5 Å². The van der Waals surface area contributed by atoms with E-state index in [2.05, 4.69) is 12.1 Å². The summed E-state index contributed by atoms with van der Waals surface area (Å²) in [7, 11) is 0. The average molecular weight is 345 g/mol. The van der Waals surface area contributed by atoms with Crippen LogP contribution in [0.2, 0.25) is 0 Å². The normalized spacial score (nSPS) is 38.1. The lowest BCUT2D eigenvalue weighted by Crippen LogP contribution is -2.45. The van der Waals surface area contributed by atoms with Gasteiger partial charge in [0, 0.05) is 5.56 Å². The van der Waals surface area contributed by atoms with Crippen LogP contribution in [0.15, 0.2) is 17.3 Å². The smallest absolute Gasteiger partial charge is 0.161 e. The van der Waals surface area contributed by atoms with Crippen LogP contribution >= 0.6 is 0 Å². The zero-order chi connectivity index (χ0) is 17.8. The van der Waals surface area contributed by atoms with E-state index in [1.54, 1.807) is 6.07 Å². The minimum atomic E-state index is -0.229. The number of nitrogens with zero attached hydrogens (tertiary/aromatic N) is 1. The molecule has 5 nitrogen and oxygen atoms in total. The predicted octanol–water partition coefficient (Wildman–Crippen LogP) is 3.64. The number of aliphatic hydroxyl groups is 1. The van der Waals surface area contributed by atoms with Gasteiger partial charge in [-0.05, 0) is 79.9 Å². The standard InChI is InChI=1S/C20H27NO4/c1-3-25-18-10-12-11-6-7-20(2)15(4-5-19(20)23)13(11)8-16(21-24)14(12)9-17(18)22/h9-11,13,15,19,22-24H,3-8H2,1-2H3/b21-16-. The third-order valence-corrected chi connectivity index (χ3v) is 7.08. The first-order valence-corrected chi connectivity index (χ1v) is 9.38. The molecular formula is C20H27NO4. The fourth-order valence-corrected chi connectivity index (χ4v) is 5.77. The van der Waals surface area contributed by atoms with Crippen molar-refractivity contribution in [1.82, 2.24) is 0 Å². The molecular weight excluding hydrogens is 318 g/mol. The zero-order valence-electron chi connectivity index (χ0n) is 14.9. The van der Waals surface area contributed by atoms with Crippen molar-refractivity contribution in [3.05, 3.63) is 23.3 Å². The Hall–Kier alpha value is -1.75. The molecule has 5 heteroatoms. The van der Waals surface area contributed by atoms with E-state index in [9.17, 15) is 15.4 Å². The Morgan fingerprint density at radius 3 is 2.80 bits per heavy atom. The highest BCUT2D eigenvalue weighted by Gasteiger charge is 2.55. The number of phenols is 1. The number of aliphatic hydroxyl groups excluding tert-OH is 1. The Kier molecular flexibility index (Phi) is 3.95. The van der Waals surface area contributed by atoms with Gasteiger partial charge in [0.25, 0.3) is 0 Å². The summed E-state index contributed by atoms with van der Waals surface area (Å²) < 4.78 is 5.58. The fourth-order valence-electron chi connectivity index (χ4n) is 5.77. The van der Waals surface area contributed by atoms with Crippen molar-refractivity contribution in [2.24, 2.45) is 22.4 Å². The maximum Gasteiger partial charge on any atom is 0.161 e. The van der Waals surface area contributed by atoms with Crippen LogP contribution in [-0.4, -0.2) is 33.8 Å². The van der Waals surface area contributed by atoms with E-state index in [0.29, 0.717) is 42.2 Å². The third-order valence-electron chi connectivity index (χ3n) is 7.08. The molecule has 2 fully saturated rings. The molecule has 0 radical (unpaired) electrons. The molecule has 136 valence electrons. The Bertz CT molecular complexity index is 716. The van der Waals surface area contributed by atoms with Crippen molar-refractivity contribution >= 4 is 5.71 Å². The first-order chi connectivity index (χ1) is 12.0. The molecule has 0 amide bonds. The molecule has 3 aliphatic rings. The van der Waals surface area contributed by atoms with Crippen LogP contribution in [0, 0.1) is 17.3 Å². The second kappa shape index (κ2) is 5.90. The first-order valence-electron chi connectivity index (χ1n) is 9.38. The van der Waals surface area contributed by atoms with Gasteiger partial charge in [-0.25, -0.2) is 0 Å². The minimum absolute atomic E-state index is 0.0289. The summed E-state index contributed by atoms with van der Waals surface area (Å²) in [6, 6.07) is 3.62. The number of hydrogen-bond acceptors (Lipinski definition) is 5. The molecule has 25 heavy (non-hydrogen) atoms. The molecule has 5 unspecified atom stereocenters. The van der Waals surface area contributed by atoms with Crippen molar-refractivity contribution < 1.29 is 20.2 Å². The third kappa shape index (κ3) is 2.35. The Balaban J connectivity index is 1.79. The second-order valence-corrected chi connectivity index (χ2v) is 8.11. The van der Waals surface area contributed by atoms with Gasteiger partial charge in [0.05, 0.1) is 18.4 Å². The number of fused-ring (bicyclic) bond motifs is 5. The van der Waals surface area contributed by atoms with Gasteiger partial charge in [-0.15, -0.1) is 0 Å². The Morgan fingerprint density at radius 2 is 2.08 bits per heavy atom. The molecule has 1 aromatic carbocycles. The van der Waals surface area contributed by atoms with E-state index in [4.69, 9.17) is 4.74 Å². The van der Waals surface area contributed by atoms with Crippen LogP contribution in [0.4, 0.5) is 0 Å². The SMILES string of the molecule is CCOc1cc2c(cc1O)/C(=N\O)CC1C2CCC2(C)C(O)CCC12. The van der Waals surface area contributed by atoms with Crippen LogP contribution in [0.1, 0.15) is 63.0 Å². The maximum atomic E-state index is 10.5. The highest BCUT2D eigenvalue weighted by molar-refractivity contribution is 6.03. The summed E-state index contributed by atoms with van der Waals surface area (Å²) in [6.07, 6.45) is 4.39. The van der Waals surface area contributed by atoms with Gasteiger partial charge in [0.1, 0.15) is 0 Å². The maximum absolute atomic E-state index is 10.5. The highest BCUT2D eigenvalue weighted by Crippen LogP contribution is 2.61. The van der Waals surface area contributed by atoms with Crippen LogP contribution in [0.3, 0.4) is 0 Å². The number of oxime groups is 1. The average Bonchev–Trinajstić information content (AvgIpc) is 2.90. The van der Waals surface area contributed by atoms with Crippen molar-refractivity contribution in [3.63, 3.8) is 0 Å². The summed E-state index contributed by atoms with van der Waals surface area (Å²) in [6.45, 7) is 4.61. The van der Waals surface area contributed by atoms with Crippen LogP contribution in [-0.2, 0) is 0 Å². The van der Waals surface area contributed by atoms with Crippen LogP contribution in [0.5, 0.6) is 11.5 Å². The largest absolute Gasteiger partial charge is 0.504 e. The van der Waals surface area contributed by atoms with E-state index >= 15 is 0 Å². The van der Waals surface area contributed by atoms with E-state index in [-0.39, 0.29) is 17.3 Å². The summed E-state index contributed by atoms with van der Waals surface area (Å²) in [5.41, 5.74) is 2.57. The van der Waals surface area contributed by atoms with E-state index in [1.807, 2.05) is 13.0 Å². The van der Waals surface area contributed by atoms with E-state index in [0.717, 1.165) is 36.8 Å². The molecule has 0 bridgehead atoms. The number of aromatic hydroxyl groups is 1. The highest BCUT2D eigenvalue weighted by atomic mass is 16.5. The number of ether oxygens (including phenoxy) is 1. The summed E-state index contributed by atoms with van der Waals surface area (Å²) in [5.74, 6) is 1.77. The monoisotopic (exact) mass is 345 g/mol. The van der Waals surface area contributed by atoms with Crippen LogP contribution in [0.25, 0.3) is 0 Å². The predicted molar refractivity (Wildman–Crippen MR) is 94.5 cm³/mol.